The molecule has 5 nitrogen and oxygen atoms in total. The Kier molecular flexibility index (Phi) is 6.47. The van der Waals surface area contributed by atoms with E-state index >= 15 is 0 Å². The number of hydrogen-bond donors (Lipinski definition) is 2. The summed E-state index contributed by atoms with van der Waals surface area (Å²) in [7, 11) is 0. The Bertz CT molecular complexity index is 582. The van der Waals surface area contributed by atoms with Crippen LogP contribution in [0, 0.1) is 0 Å². The van der Waals surface area contributed by atoms with Crippen molar-refractivity contribution in [1.29, 1.82) is 0 Å². The highest BCUT2D eigenvalue weighted by Gasteiger charge is 2.45. The van der Waals surface area contributed by atoms with Gasteiger partial charge in [0.1, 0.15) is 0 Å². The zero-order chi connectivity index (χ0) is 16.9. The van der Waals surface area contributed by atoms with Crippen LogP contribution >= 0.6 is 15.9 Å². The molecule has 22 heavy (non-hydrogen) atoms. The van der Waals surface area contributed by atoms with E-state index in [9.17, 15) is 19.8 Å². The summed E-state index contributed by atoms with van der Waals surface area (Å²) < 4.78 is 5.75. The first kappa shape index (κ1) is 18.5. The van der Waals surface area contributed by atoms with Crippen LogP contribution in [-0.2, 0) is 14.3 Å². The van der Waals surface area contributed by atoms with Gasteiger partial charge < -0.3 is 14.9 Å². The van der Waals surface area contributed by atoms with Crippen LogP contribution in [0.15, 0.2) is 34.8 Å². The van der Waals surface area contributed by atoms with E-state index in [0.717, 1.165) is 17.5 Å². The molecule has 0 saturated heterocycles. The van der Waals surface area contributed by atoms with Crippen molar-refractivity contribution >= 4 is 33.8 Å². The largest absolute Gasteiger partial charge is 0.461 e. The lowest BCUT2D eigenvalue weighted by atomic mass is 9.92. The lowest BCUT2D eigenvalue weighted by molar-refractivity contribution is -0.176. The number of halogens is 1. The highest BCUT2D eigenvalue weighted by Crippen LogP contribution is 2.20. The summed E-state index contributed by atoms with van der Waals surface area (Å²) in [4.78, 5) is 23.5. The highest BCUT2D eigenvalue weighted by atomic mass is 79.9. The van der Waals surface area contributed by atoms with Crippen molar-refractivity contribution < 1.29 is 24.5 Å². The van der Waals surface area contributed by atoms with Crippen molar-refractivity contribution in [2.75, 3.05) is 0 Å². The van der Waals surface area contributed by atoms with Crippen molar-refractivity contribution in [1.82, 2.24) is 0 Å². The molecule has 6 heteroatoms. The zero-order valence-corrected chi connectivity index (χ0v) is 14.2. The van der Waals surface area contributed by atoms with Crippen LogP contribution in [0.2, 0.25) is 0 Å². The number of hydrogen-bond acceptors (Lipinski definition) is 5. The SMILES string of the molecule is CC(=O)[C@H](O)[C@](O)(/C=C/c1cccc(Br)c1)C(=O)OC(C)C. The topological polar surface area (TPSA) is 83.8 Å². The molecular formula is C16H19BrO5. The molecule has 0 saturated carbocycles. The number of esters is 1. The Labute approximate surface area is 137 Å². The van der Waals surface area contributed by atoms with Crippen molar-refractivity contribution in [2.45, 2.75) is 38.6 Å². The van der Waals surface area contributed by atoms with Gasteiger partial charge in [-0.05, 0) is 44.5 Å². The lowest BCUT2D eigenvalue weighted by Gasteiger charge is -2.27. The van der Waals surface area contributed by atoms with Gasteiger partial charge >= 0.3 is 5.97 Å². The van der Waals surface area contributed by atoms with Gasteiger partial charge in [-0.15, -0.1) is 0 Å². The summed E-state index contributed by atoms with van der Waals surface area (Å²) in [5.74, 6) is -1.81. The van der Waals surface area contributed by atoms with E-state index in [2.05, 4.69) is 15.9 Å². The van der Waals surface area contributed by atoms with E-state index in [1.807, 2.05) is 6.07 Å². The summed E-state index contributed by atoms with van der Waals surface area (Å²) in [6.07, 6.45) is 0.129. The molecule has 0 radical (unpaired) electrons. The van der Waals surface area contributed by atoms with Crippen LogP contribution in [0.4, 0.5) is 0 Å². The Morgan fingerprint density at radius 2 is 2.00 bits per heavy atom. The molecule has 0 bridgehead atoms. The van der Waals surface area contributed by atoms with Gasteiger partial charge in [-0.1, -0.05) is 34.1 Å². The van der Waals surface area contributed by atoms with Gasteiger partial charge in [-0.3, -0.25) is 4.79 Å². The number of Topliss-reactive ketones (excluding diaryl/α,β-unsaturated/α-hetero) is 1. The quantitative estimate of drug-likeness (QED) is 0.749. The third-order valence-corrected chi connectivity index (χ3v) is 3.34. The summed E-state index contributed by atoms with van der Waals surface area (Å²) in [6, 6.07) is 7.10. The molecule has 1 rings (SSSR count). The van der Waals surface area contributed by atoms with Gasteiger partial charge in [-0.2, -0.15) is 0 Å². The molecule has 0 aliphatic heterocycles. The van der Waals surface area contributed by atoms with Crippen LogP contribution in [0.5, 0.6) is 0 Å². The molecule has 0 unspecified atom stereocenters. The normalized spacial score (nSPS) is 15.6. The average Bonchev–Trinajstić information content (AvgIpc) is 2.43. The molecule has 0 aliphatic carbocycles. The number of ether oxygens (including phenoxy) is 1. The molecule has 2 N–H and O–H groups in total. The fraction of sp³-hybridized carbons (Fsp3) is 0.375. The van der Waals surface area contributed by atoms with Crippen LogP contribution in [-0.4, -0.2) is 39.8 Å². The van der Waals surface area contributed by atoms with Gasteiger partial charge in [0.25, 0.3) is 0 Å². The van der Waals surface area contributed by atoms with E-state index in [-0.39, 0.29) is 0 Å². The maximum atomic E-state index is 12.1. The molecule has 1 aromatic rings. The van der Waals surface area contributed by atoms with Crippen LogP contribution < -0.4 is 0 Å². The highest BCUT2D eigenvalue weighted by molar-refractivity contribution is 9.10. The van der Waals surface area contributed by atoms with E-state index < -0.39 is 29.6 Å². The van der Waals surface area contributed by atoms with E-state index in [4.69, 9.17) is 4.74 Å². The smallest absolute Gasteiger partial charge is 0.345 e. The third-order valence-electron chi connectivity index (χ3n) is 2.85. The third kappa shape index (κ3) is 4.76. The minimum Gasteiger partial charge on any atom is -0.461 e. The number of ketones is 1. The molecule has 0 aromatic heterocycles. The van der Waals surface area contributed by atoms with E-state index in [1.165, 1.54) is 6.08 Å². The second kappa shape index (κ2) is 7.67. The van der Waals surface area contributed by atoms with Gasteiger partial charge in [0.15, 0.2) is 11.9 Å². The Hall–Kier alpha value is -1.50. The van der Waals surface area contributed by atoms with Crippen molar-refractivity contribution in [3.8, 4) is 0 Å². The predicted molar refractivity (Wildman–Crippen MR) is 86.0 cm³/mol. The fourth-order valence-corrected chi connectivity index (χ4v) is 2.14. The first-order valence-electron chi connectivity index (χ1n) is 6.73. The maximum absolute atomic E-state index is 12.1. The van der Waals surface area contributed by atoms with Crippen molar-refractivity contribution in [3.63, 3.8) is 0 Å². The first-order valence-corrected chi connectivity index (χ1v) is 7.53. The second-order valence-corrected chi connectivity index (χ2v) is 6.10. The number of aliphatic hydroxyl groups is 2. The minimum absolute atomic E-state index is 0.488. The average molecular weight is 371 g/mol. The van der Waals surface area contributed by atoms with Gasteiger partial charge in [-0.25, -0.2) is 4.79 Å². The summed E-state index contributed by atoms with van der Waals surface area (Å²) >= 11 is 3.30. The fourth-order valence-electron chi connectivity index (χ4n) is 1.72. The molecule has 0 spiro atoms. The van der Waals surface area contributed by atoms with Crippen molar-refractivity contribution in [3.05, 3.63) is 40.4 Å². The monoisotopic (exact) mass is 370 g/mol. The number of carbonyl (C=O) groups is 2. The first-order chi connectivity index (χ1) is 10.2. The molecule has 0 amide bonds. The molecule has 2 atom stereocenters. The second-order valence-electron chi connectivity index (χ2n) is 5.18. The number of aliphatic hydroxyl groups excluding tert-OH is 1. The molecule has 0 heterocycles. The van der Waals surface area contributed by atoms with Crippen molar-refractivity contribution in [2.24, 2.45) is 0 Å². The van der Waals surface area contributed by atoms with Gasteiger partial charge in [0, 0.05) is 4.47 Å². The molecule has 0 aliphatic rings. The van der Waals surface area contributed by atoms with Gasteiger partial charge in [0.2, 0.25) is 5.60 Å². The van der Waals surface area contributed by atoms with E-state index in [1.54, 1.807) is 32.0 Å². The van der Waals surface area contributed by atoms with Gasteiger partial charge in [0.05, 0.1) is 6.10 Å². The maximum Gasteiger partial charge on any atom is 0.345 e. The minimum atomic E-state index is -2.43. The lowest BCUT2D eigenvalue weighted by Crippen LogP contribution is -2.52. The number of rotatable bonds is 6. The number of carbonyl (C=O) groups excluding carboxylic acids is 2. The van der Waals surface area contributed by atoms with Crippen LogP contribution in [0.25, 0.3) is 6.08 Å². The Morgan fingerprint density at radius 3 is 2.50 bits per heavy atom. The summed E-state index contributed by atoms with van der Waals surface area (Å²) in [5.41, 5.74) is -1.75. The Morgan fingerprint density at radius 1 is 1.36 bits per heavy atom. The van der Waals surface area contributed by atoms with Crippen LogP contribution in [0.1, 0.15) is 26.3 Å². The number of benzene rings is 1. The Balaban J connectivity index is 3.15. The molecule has 1 aromatic carbocycles. The molecule has 0 fully saturated rings. The molecular weight excluding hydrogens is 352 g/mol. The summed E-state index contributed by atoms with van der Waals surface area (Å²) in [6.45, 7) is 4.30. The predicted octanol–water partition coefficient (Wildman–Crippen LogP) is 2.09. The molecule has 120 valence electrons. The van der Waals surface area contributed by atoms with E-state index in [0.29, 0.717) is 5.56 Å². The van der Waals surface area contributed by atoms with Crippen LogP contribution in [0.3, 0.4) is 0 Å². The standard InChI is InChI=1S/C16H19BrO5/c1-10(2)22-15(20)16(21,14(19)11(3)18)8-7-12-5-4-6-13(17)9-12/h4-10,14,19,21H,1-3H3/b8-7+/t14-,16+/m0/s1. The zero-order valence-electron chi connectivity index (χ0n) is 12.6. The summed E-state index contributed by atoms with van der Waals surface area (Å²) in [5, 5.41) is 20.4.